The smallest absolute Gasteiger partial charge is 0.289 e. The molecule has 1 aliphatic heterocycles. The first-order chi connectivity index (χ1) is 13.2. The van der Waals surface area contributed by atoms with Gasteiger partial charge in [0.15, 0.2) is 11.5 Å². The van der Waals surface area contributed by atoms with Crippen molar-refractivity contribution in [1.82, 2.24) is 4.90 Å². The van der Waals surface area contributed by atoms with Crippen LogP contribution in [0.3, 0.4) is 0 Å². The summed E-state index contributed by atoms with van der Waals surface area (Å²) in [5, 5.41) is 20.4. The predicted molar refractivity (Wildman–Crippen MR) is 103 cm³/mol. The number of nitrogens with zero attached hydrogens (tertiary/aromatic N) is 3. The Morgan fingerprint density at radius 2 is 1.79 bits per heavy atom. The number of rotatable bonds is 3. The number of amides is 1. The summed E-state index contributed by atoms with van der Waals surface area (Å²) in [6.07, 6.45) is 0. The van der Waals surface area contributed by atoms with Gasteiger partial charge in [-0.2, -0.15) is 0 Å². The lowest BCUT2D eigenvalue weighted by atomic mass is 10.1. The van der Waals surface area contributed by atoms with E-state index in [4.69, 9.17) is 4.42 Å². The maximum atomic E-state index is 12.6. The Bertz CT molecular complexity index is 923. The van der Waals surface area contributed by atoms with Crippen molar-refractivity contribution in [2.75, 3.05) is 31.1 Å². The molecule has 1 aromatic heterocycles. The third-order valence-electron chi connectivity index (χ3n) is 4.30. The van der Waals surface area contributed by atoms with Gasteiger partial charge in [0, 0.05) is 44.0 Å². The normalized spacial score (nSPS) is 14.4. The van der Waals surface area contributed by atoms with Crippen molar-refractivity contribution in [3.63, 3.8) is 0 Å². The van der Waals surface area contributed by atoms with Crippen LogP contribution in [-0.2, 0) is 0 Å². The highest BCUT2D eigenvalue weighted by molar-refractivity contribution is 5.91. The van der Waals surface area contributed by atoms with Gasteiger partial charge in [0.2, 0.25) is 0 Å². The van der Waals surface area contributed by atoms with Gasteiger partial charge in [-0.15, -0.1) is 0 Å². The molecule has 0 saturated carbocycles. The highest BCUT2D eigenvalue weighted by Crippen LogP contribution is 2.21. The van der Waals surface area contributed by atoms with E-state index in [9.17, 15) is 20.0 Å². The van der Waals surface area contributed by atoms with E-state index in [0.29, 0.717) is 31.9 Å². The molecule has 0 radical (unpaired) electrons. The van der Waals surface area contributed by atoms with Crippen LogP contribution >= 0.6 is 0 Å². The molecule has 3 rings (SSSR count). The molecule has 1 aliphatic rings. The zero-order valence-electron chi connectivity index (χ0n) is 15.7. The molecule has 1 aromatic carbocycles. The van der Waals surface area contributed by atoms with Gasteiger partial charge < -0.3 is 19.3 Å². The zero-order chi connectivity index (χ0) is 20.3. The first-order valence-corrected chi connectivity index (χ1v) is 8.87. The minimum atomic E-state index is -1.13. The van der Waals surface area contributed by atoms with E-state index >= 15 is 0 Å². The summed E-state index contributed by atoms with van der Waals surface area (Å²) in [5.41, 5.74) is -0.190. The number of aliphatic hydroxyl groups is 1. The molecule has 1 fully saturated rings. The number of carbonyl (C=O) groups is 1. The van der Waals surface area contributed by atoms with Gasteiger partial charge >= 0.3 is 0 Å². The van der Waals surface area contributed by atoms with Crippen LogP contribution in [-0.4, -0.2) is 52.6 Å². The fourth-order valence-electron chi connectivity index (χ4n) is 2.84. The van der Waals surface area contributed by atoms with E-state index in [0.717, 1.165) is 5.69 Å². The van der Waals surface area contributed by atoms with Crippen LogP contribution in [0, 0.1) is 22.0 Å². The molecule has 1 amide bonds. The largest absolute Gasteiger partial charge is 0.443 e. The standard InChI is InChI=1S/C20H21N3O5/c1-20(2,25)10-9-17-7-8-18(28-17)19(24)22-13-11-21(12-14-22)15-3-5-16(6-4-15)23(26)27/h3-8,25H,11-14H2,1-2H3. The SMILES string of the molecule is CC(C)(O)C#Cc1ccc(C(=O)N2CCN(c3ccc([N+](=O)[O-])cc3)CC2)o1. The monoisotopic (exact) mass is 383 g/mol. The summed E-state index contributed by atoms with van der Waals surface area (Å²) >= 11 is 0. The first kappa shape index (κ1) is 19.5. The van der Waals surface area contributed by atoms with E-state index < -0.39 is 10.5 Å². The number of hydrogen-bond acceptors (Lipinski definition) is 6. The molecule has 0 spiro atoms. The molecule has 28 heavy (non-hydrogen) atoms. The molecule has 1 N–H and O–H groups in total. The molecule has 0 unspecified atom stereocenters. The molecule has 146 valence electrons. The van der Waals surface area contributed by atoms with Crippen molar-refractivity contribution >= 4 is 17.3 Å². The van der Waals surface area contributed by atoms with E-state index in [1.807, 2.05) is 0 Å². The molecule has 1 saturated heterocycles. The van der Waals surface area contributed by atoms with Crippen LogP contribution in [0.25, 0.3) is 0 Å². The lowest BCUT2D eigenvalue weighted by molar-refractivity contribution is -0.384. The highest BCUT2D eigenvalue weighted by Gasteiger charge is 2.24. The maximum absolute atomic E-state index is 12.6. The van der Waals surface area contributed by atoms with E-state index in [1.165, 1.54) is 12.1 Å². The number of hydrogen-bond donors (Lipinski definition) is 1. The van der Waals surface area contributed by atoms with Gasteiger partial charge in [-0.3, -0.25) is 14.9 Å². The van der Waals surface area contributed by atoms with Crippen LogP contribution in [0.1, 0.15) is 30.2 Å². The van der Waals surface area contributed by atoms with E-state index in [-0.39, 0.29) is 17.4 Å². The number of furan rings is 1. The quantitative estimate of drug-likeness (QED) is 0.496. The number of carbonyl (C=O) groups excluding carboxylic acids is 1. The van der Waals surface area contributed by atoms with Gasteiger partial charge in [-0.1, -0.05) is 5.92 Å². The van der Waals surface area contributed by atoms with Crippen LogP contribution in [0.15, 0.2) is 40.8 Å². The Kier molecular flexibility index (Phi) is 5.38. The minimum Gasteiger partial charge on any atom is -0.443 e. The van der Waals surface area contributed by atoms with Gasteiger partial charge in [-0.05, 0) is 44.0 Å². The molecule has 8 nitrogen and oxygen atoms in total. The van der Waals surface area contributed by atoms with Crippen molar-refractivity contribution in [3.05, 3.63) is 58.0 Å². The summed E-state index contributed by atoms with van der Waals surface area (Å²) in [5.74, 6) is 5.69. The average molecular weight is 383 g/mol. The molecule has 0 aliphatic carbocycles. The Morgan fingerprint density at radius 1 is 1.14 bits per heavy atom. The van der Waals surface area contributed by atoms with E-state index in [1.54, 1.807) is 43.0 Å². The Morgan fingerprint density at radius 3 is 2.36 bits per heavy atom. The average Bonchev–Trinajstić information content (AvgIpc) is 3.15. The molecule has 8 heteroatoms. The van der Waals surface area contributed by atoms with Crippen LogP contribution in [0.5, 0.6) is 0 Å². The predicted octanol–water partition coefficient (Wildman–Crippen LogP) is 2.27. The zero-order valence-corrected chi connectivity index (χ0v) is 15.7. The fourth-order valence-corrected chi connectivity index (χ4v) is 2.84. The van der Waals surface area contributed by atoms with Crippen molar-refractivity contribution in [3.8, 4) is 11.8 Å². The highest BCUT2D eigenvalue weighted by atomic mass is 16.6. The number of nitro benzene ring substituents is 1. The van der Waals surface area contributed by atoms with Crippen LogP contribution in [0.2, 0.25) is 0 Å². The Hall–Kier alpha value is -3.31. The first-order valence-electron chi connectivity index (χ1n) is 8.87. The molecule has 0 bridgehead atoms. The number of anilines is 1. The number of nitro groups is 1. The minimum absolute atomic E-state index is 0.0545. The third kappa shape index (κ3) is 4.69. The van der Waals surface area contributed by atoms with Gasteiger partial charge in [0.1, 0.15) is 5.60 Å². The topological polar surface area (TPSA) is 100 Å². The lowest BCUT2D eigenvalue weighted by Gasteiger charge is -2.35. The summed E-state index contributed by atoms with van der Waals surface area (Å²) in [4.78, 5) is 26.7. The number of benzene rings is 1. The third-order valence-corrected chi connectivity index (χ3v) is 4.30. The second kappa shape index (κ2) is 7.74. The number of non-ortho nitro benzene ring substituents is 1. The summed E-state index contributed by atoms with van der Waals surface area (Å²) < 4.78 is 5.49. The van der Waals surface area contributed by atoms with Gasteiger partial charge in [0.25, 0.3) is 11.6 Å². The maximum Gasteiger partial charge on any atom is 0.289 e. The van der Waals surface area contributed by atoms with Crippen molar-refractivity contribution in [2.45, 2.75) is 19.4 Å². The van der Waals surface area contributed by atoms with Crippen molar-refractivity contribution < 1.29 is 19.2 Å². The van der Waals surface area contributed by atoms with Crippen molar-refractivity contribution in [2.24, 2.45) is 0 Å². The fraction of sp³-hybridized carbons (Fsp3) is 0.350. The van der Waals surface area contributed by atoms with Crippen molar-refractivity contribution in [1.29, 1.82) is 0 Å². The van der Waals surface area contributed by atoms with Crippen LogP contribution < -0.4 is 4.90 Å². The van der Waals surface area contributed by atoms with Gasteiger partial charge in [0.05, 0.1) is 4.92 Å². The molecule has 2 aromatic rings. The Balaban J connectivity index is 1.60. The van der Waals surface area contributed by atoms with E-state index in [2.05, 4.69) is 16.7 Å². The molecular weight excluding hydrogens is 362 g/mol. The summed E-state index contributed by atoms with van der Waals surface area (Å²) in [6.45, 7) is 5.41. The van der Waals surface area contributed by atoms with Crippen LogP contribution in [0.4, 0.5) is 11.4 Å². The second-order valence-electron chi connectivity index (χ2n) is 7.03. The second-order valence-corrected chi connectivity index (χ2v) is 7.03. The molecule has 2 heterocycles. The number of piperazine rings is 1. The lowest BCUT2D eigenvalue weighted by Crippen LogP contribution is -2.48. The Labute approximate surface area is 162 Å². The molecule has 0 atom stereocenters. The molecular formula is C20H21N3O5. The summed E-state index contributed by atoms with van der Waals surface area (Å²) in [7, 11) is 0. The van der Waals surface area contributed by atoms with Gasteiger partial charge in [-0.25, -0.2) is 0 Å². The summed E-state index contributed by atoms with van der Waals surface area (Å²) in [6, 6.07) is 9.59.